The molecule has 0 aliphatic heterocycles. The van der Waals surface area contributed by atoms with E-state index in [-0.39, 0.29) is 10.5 Å². The van der Waals surface area contributed by atoms with Gasteiger partial charge in [-0.1, -0.05) is 35.9 Å². The fourth-order valence-electron chi connectivity index (χ4n) is 2.67. The van der Waals surface area contributed by atoms with Crippen molar-refractivity contribution in [3.63, 3.8) is 0 Å². The first-order chi connectivity index (χ1) is 14.1. The minimum atomic E-state index is -4.65. The maximum Gasteiger partial charge on any atom is 0.418 e. The van der Waals surface area contributed by atoms with Crippen LogP contribution in [-0.4, -0.2) is 14.3 Å². The van der Waals surface area contributed by atoms with Gasteiger partial charge < -0.3 is 5.32 Å². The molecule has 0 spiro atoms. The summed E-state index contributed by atoms with van der Waals surface area (Å²) in [6, 6.07) is 16.3. The molecule has 0 unspecified atom stereocenters. The molecule has 0 saturated carbocycles. The predicted molar refractivity (Wildman–Crippen MR) is 108 cm³/mol. The minimum Gasteiger partial charge on any atom is -0.321 e. The van der Waals surface area contributed by atoms with Crippen molar-refractivity contribution in [1.29, 1.82) is 0 Å². The van der Waals surface area contributed by atoms with Crippen LogP contribution >= 0.6 is 0 Å². The van der Waals surface area contributed by atoms with Crippen LogP contribution in [0.5, 0.6) is 0 Å². The number of aryl methyl sites for hydroxylation is 1. The van der Waals surface area contributed by atoms with Crippen LogP contribution in [0.15, 0.2) is 77.7 Å². The van der Waals surface area contributed by atoms with Crippen LogP contribution in [0.3, 0.4) is 0 Å². The lowest BCUT2D eigenvalue weighted by Gasteiger charge is -2.14. The second kappa shape index (κ2) is 8.19. The monoisotopic (exact) mass is 434 g/mol. The molecule has 0 fully saturated rings. The Morgan fingerprint density at radius 2 is 1.57 bits per heavy atom. The van der Waals surface area contributed by atoms with E-state index in [1.807, 2.05) is 6.92 Å². The van der Waals surface area contributed by atoms with Gasteiger partial charge in [0.15, 0.2) is 0 Å². The third-order valence-electron chi connectivity index (χ3n) is 4.19. The Labute approximate surface area is 171 Å². The van der Waals surface area contributed by atoms with Gasteiger partial charge in [-0.3, -0.25) is 9.52 Å². The van der Waals surface area contributed by atoms with Crippen LogP contribution in [0, 0.1) is 6.92 Å². The minimum absolute atomic E-state index is 0.0984. The molecule has 3 rings (SSSR count). The molecule has 0 aromatic heterocycles. The highest BCUT2D eigenvalue weighted by Gasteiger charge is 2.33. The van der Waals surface area contributed by atoms with Crippen molar-refractivity contribution in [2.75, 3.05) is 10.0 Å². The smallest absolute Gasteiger partial charge is 0.321 e. The van der Waals surface area contributed by atoms with Crippen molar-refractivity contribution >= 4 is 27.3 Å². The molecule has 3 aromatic rings. The fraction of sp³-hybridized carbons (Fsp3) is 0.0952. The number of sulfonamides is 1. The Hall–Kier alpha value is -3.33. The molecule has 30 heavy (non-hydrogen) atoms. The van der Waals surface area contributed by atoms with Crippen LogP contribution in [0.25, 0.3) is 0 Å². The number of anilines is 2. The second-order valence-corrected chi connectivity index (χ2v) is 8.18. The van der Waals surface area contributed by atoms with E-state index in [2.05, 4.69) is 10.0 Å². The number of hydrogen-bond donors (Lipinski definition) is 2. The van der Waals surface area contributed by atoms with E-state index in [1.165, 1.54) is 30.3 Å². The summed E-state index contributed by atoms with van der Waals surface area (Å²) in [5, 5.41) is 2.19. The van der Waals surface area contributed by atoms with Crippen molar-refractivity contribution in [2.24, 2.45) is 0 Å². The van der Waals surface area contributed by atoms with E-state index in [4.69, 9.17) is 0 Å². The summed E-state index contributed by atoms with van der Waals surface area (Å²) in [6.45, 7) is 1.86. The van der Waals surface area contributed by atoms with E-state index < -0.39 is 33.4 Å². The highest BCUT2D eigenvalue weighted by molar-refractivity contribution is 7.92. The van der Waals surface area contributed by atoms with Gasteiger partial charge in [-0.15, -0.1) is 0 Å². The summed E-state index contributed by atoms with van der Waals surface area (Å²) >= 11 is 0. The zero-order valence-electron chi connectivity index (χ0n) is 15.7. The molecule has 0 saturated heterocycles. The number of carbonyl (C=O) groups is 1. The Bertz CT molecular complexity index is 1170. The number of benzene rings is 3. The first-order valence-electron chi connectivity index (χ1n) is 8.73. The first-order valence-corrected chi connectivity index (χ1v) is 10.2. The Morgan fingerprint density at radius 1 is 0.900 bits per heavy atom. The maximum atomic E-state index is 13.1. The number of hydrogen-bond acceptors (Lipinski definition) is 3. The lowest BCUT2D eigenvalue weighted by molar-refractivity contribution is -0.136. The van der Waals surface area contributed by atoms with Gasteiger partial charge in [-0.25, -0.2) is 8.42 Å². The molecule has 0 heterocycles. The molecule has 0 atom stereocenters. The number of para-hydroxylation sites is 1. The maximum absolute atomic E-state index is 13.1. The van der Waals surface area contributed by atoms with Crippen molar-refractivity contribution in [1.82, 2.24) is 0 Å². The average Bonchev–Trinajstić information content (AvgIpc) is 2.69. The van der Waals surface area contributed by atoms with Crippen molar-refractivity contribution < 1.29 is 26.4 Å². The van der Waals surface area contributed by atoms with E-state index in [0.29, 0.717) is 5.69 Å². The van der Waals surface area contributed by atoms with Crippen LogP contribution < -0.4 is 10.0 Å². The Balaban J connectivity index is 1.85. The Kier molecular flexibility index (Phi) is 5.84. The second-order valence-electron chi connectivity index (χ2n) is 6.50. The van der Waals surface area contributed by atoms with Crippen LogP contribution in [-0.2, 0) is 16.2 Å². The third-order valence-corrected chi connectivity index (χ3v) is 5.57. The number of carbonyl (C=O) groups excluding carboxylic acids is 1. The number of nitrogens with one attached hydrogen (secondary N) is 2. The largest absolute Gasteiger partial charge is 0.418 e. The summed E-state index contributed by atoms with van der Waals surface area (Å²) in [5.74, 6) is -0.862. The molecule has 2 N–H and O–H groups in total. The first kappa shape index (κ1) is 21.4. The van der Waals surface area contributed by atoms with E-state index in [0.717, 1.165) is 23.8 Å². The zero-order valence-corrected chi connectivity index (χ0v) is 16.5. The molecule has 9 heteroatoms. The molecule has 0 bridgehead atoms. The van der Waals surface area contributed by atoms with E-state index in [1.54, 1.807) is 24.3 Å². The average molecular weight is 434 g/mol. The molecule has 0 aliphatic carbocycles. The summed E-state index contributed by atoms with van der Waals surface area (Å²) in [5.41, 5.74) is -0.215. The van der Waals surface area contributed by atoms with Crippen molar-refractivity contribution in [3.05, 3.63) is 89.5 Å². The van der Waals surface area contributed by atoms with Crippen LogP contribution in [0.1, 0.15) is 21.5 Å². The molecule has 0 radical (unpaired) electrons. The highest BCUT2D eigenvalue weighted by atomic mass is 32.2. The molecule has 1 amide bonds. The molecule has 5 nitrogen and oxygen atoms in total. The summed E-state index contributed by atoms with van der Waals surface area (Å²) < 4.78 is 67.0. The van der Waals surface area contributed by atoms with E-state index >= 15 is 0 Å². The van der Waals surface area contributed by atoms with Crippen LogP contribution in [0.4, 0.5) is 24.5 Å². The third kappa shape index (κ3) is 4.98. The summed E-state index contributed by atoms with van der Waals surface area (Å²) in [7, 11) is -4.00. The zero-order chi connectivity index (χ0) is 21.9. The quantitative estimate of drug-likeness (QED) is 0.589. The standard InChI is InChI=1S/C21H17F3N2O3S/c1-14-9-11-16(12-10-14)26-30(28,29)17-6-4-5-15(13-17)20(27)25-19-8-3-2-7-18(19)21(22,23)24/h2-13,26H,1H3,(H,25,27). The number of amides is 1. The lowest BCUT2D eigenvalue weighted by atomic mass is 10.1. The molecule has 156 valence electrons. The van der Waals surface area contributed by atoms with Gasteiger partial charge in [0.2, 0.25) is 0 Å². The van der Waals surface area contributed by atoms with Gasteiger partial charge in [-0.2, -0.15) is 13.2 Å². The van der Waals surface area contributed by atoms with Gasteiger partial charge in [-0.05, 0) is 49.4 Å². The molecule has 3 aromatic carbocycles. The predicted octanol–water partition coefficient (Wildman–Crippen LogP) is 5.07. The lowest BCUT2D eigenvalue weighted by Crippen LogP contribution is -2.18. The summed E-state index contributed by atoms with van der Waals surface area (Å²) in [4.78, 5) is 12.3. The molecular formula is C21H17F3N2O3S. The van der Waals surface area contributed by atoms with Gasteiger partial charge in [0, 0.05) is 11.3 Å². The van der Waals surface area contributed by atoms with E-state index in [9.17, 15) is 26.4 Å². The molecular weight excluding hydrogens is 417 g/mol. The van der Waals surface area contributed by atoms with Crippen molar-refractivity contribution in [2.45, 2.75) is 18.0 Å². The van der Waals surface area contributed by atoms with Gasteiger partial charge in [0.05, 0.1) is 16.1 Å². The van der Waals surface area contributed by atoms with Gasteiger partial charge in [0.1, 0.15) is 0 Å². The van der Waals surface area contributed by atoms with Crippen molar-refractivity contribution in [3.8, 4) is 0 Å². The normalized spacial score (nSPS) is 11.7. The Morgan fingerprint density at radius 3 is 2.23 bits per heavy atom. The fourth-order valence-corrected chi connectivity index (χ4v) is 3.78. The number of halogens is 3. The number of rotatable bonds is 5. The van der Waals surface area contributed by atoms with Gasteiger partial charge >= 0.3 is 6.18 Å². The highest BCUT2D eigenvalue weighted by Crippen LogP contribution is 2.34. The van der Waals surface area contributed by atoms with Gasteiger partial charge in [0.25, 0.3) is 15.9 Å². The number of alkyl halides is 3. The summed E-state index contributed by atoms with van der Waals surface area (Å²) in [6.07, 6.45) is -4.65. The topological polar surface area (TPSA) is 75.3 Å². The SMILES string of the molecule is Cc1ccc(NS(=O)(=O)c2cccc(C(=O)Nc3ccccc3C(F)(F)F)c2)cc1. The van der Waals surface area contributed by atoms with Crippen LogP contribution in [0.2, 0.25) is 0 Å². The molecule has 0 aliphatic rings.